The number of rotatable bonds is 4. The van der Waals surface area contributed by atoms with Crippen LogP contribution < -0.4 is 10.1 Å². The van der Waals surface area contributed by atoms with E-state index in [2.05, 4.69) is 10.5 Å². The number of fused-ring (bicyclic) bond motifs is 1. The van der Waals surface area contributed by atoms with Crippen molar-refractivity contribution in [2.24, 2.45) is 0 Å². The summed E-state index contributed by atoms with van der Waals surface area (Å²) in [5, 5.41) is 6.50. The number of benzene rings is 1. The van der Waals surface area contributed by atoms with E-state index in [4.69, 9.17) is 14.0 Å². The molecule has 23 heavy (non-hydrogen) atoms. The van der Waals surface area contributed by atoms with E-state index >= 15 is 0 Å². The number of ether oxygens (including phenoxy) is 2. The molecule has 1 atom stereocenters. The first-order valence-corrected chi connectivity index (χ1v) is 7.15. The van der Waals surface area contributed by atoms with E-state index in [1.165, 1.54) is 20.3 Å². The van der Waals surface area contributed by atoms with Crippen molar-refractivity contribution in [3.63, 3.8) is 0 Å². The van der Waals surface area contributed by atoms with Gasteiger partial charge in [0.15, 0.2) is 0 Å². The van der Waals surface area contributed by atoms with Gasteiger partial charge in [0, 0.05) is 0 Å². The fourth-order valence-corrected chi connectivity index (χ4v) is 2.69. The molecule has 7 nitrogen and oxygen atoms in total. The van der Waals surface area contributed by atoms with Crippen LogP contribution in [0.2, 0.25) is 0 Å². The second-order valence-corrected chi connectivity index (χ2v) is 5.20. The lowest BCUT2D eigenvalue weighted by Gasteiger charge is -2.13. The number of hydrogen-bond donors (Lipinski definition) is 1. The maximum atomic E-state index is 12.2. The molecule has 0 saturated heterocycles. The van der Waals surface area contributed by atoms with E-state index in [9.17, 15) is 9.59 Å². The molecule has 1 aromatic heterocycles. The highest BCUT2D eigenvalue weighted by Gasteiger charge is 2.27. The molecule has 1 heterocycles. The van der Waals surface area contributed by atoms with E-state index in [1.54, 1.807) is 12.1 Å². The lowest BCUT2D eigenvalue weighted by atomic mass is 10.0. The third kappa shape index (κ3) is 2.90. The molecule has 0 unspecified atom stereocenters. The fourth-order valence-electron chi connectivity index (χ4n) is 2.69. The van der Waals surface area contributed by atoms with Crippen LogP contribution in [0.4, 0.5) is 0 Å². The molecule has 120 valence electrons. The van der Waals surface area contributed by atoms with Gasteiger partial charge in [-0.1, -0.05) is 6.07 Å². The van der Waals surface area contributed by atoms with Gasteiger partial charge in [-0.25, -0.2) is 4.79 Å². The summed E-state index contributed by atoms with van der Waals surface area (Å²) in [6.45, 7) is 0. The van der Waals surface area contributed by atoms with E-state index in [0.717, 1.165) is 24.0 Å². The second kappa shape index (κ2) is 6.12. The van der Waals surface area contributed by atoms with Crippen LogP contribution in [-0.4, -0.2) is 31.3 Å². The summed E-state index contributed by atoms with van der Waals surface area (Å²) in [5.74, 6) is -0.443. The van der Waals surface area contributed by atoms with Crippen molar-refractivity contribution < 1.29 is 23.6 Å². The molecule has 0 spiro atoms. The van der Waals surface area contributed by atoms with Crippen LogP contribution in [0, 0.1) is 0 Å². The Hall–Kier alpha value is -2.83. The van der Waals surface area contributed by atoms with E-state index in [1.807, 2.05) is 6.07 Å². The minimum Gasteiger partial charge on any atom is -0.479 e. The Morgan fingerprint density at radius 3 is 2.83 bits per heavy atom. The first kappa shape index (κ1) is 15.1. The molecule has 1 amide bonds. The molecule has 1 aliphatic carbocycles. The predicted molar refractivity (Wildman–Crippen MR) is 79.4 cm³/mol. The first-order valence-electron chi connectivity index (χ1n) is 7.15. The molecule has 1 aliphatic rings. The Balaban J connectivity index is 1.79. The van der Waals surface area contributed by atoms with Crippen molar-refractivity contribution in [1.29, 1.82) is 0 Å². The number of carbonyl (C=O) groups excluding carboxylic acids is 2. The number of aromatic nitrogens is 1. The molecule has 1 N–H and O–H groups in total. The molecular formula is C16H16N2O5. The van der Waals surface area contributed by atoms with Gasteiger partial charge in [-0.3, -0.25) is 4.79 Å². The van der Waals surface area contributed by atoms with Crippen molar-refractivity contribution in [1.82, 2.24) is 10.5 Å². The van der Waals surface area contributed by atoms with Crippen molar-refractivity contribution in [2.75, 3.05) is 14.2 Å². The Bertz CT molecular complexity index is 753. The molecule has 7 heteroatoms. The van der Waals surface area contributed by atoms with Crippen LogP contribution in [0.1, 0.15) is 44.5 Å². The average molecular weight is 316 g/mol. The zero-order valence-corrected chi connectivity index (χ0v) is 12.8. The molecule has 1 aromatic carbocycles. The highest BCUT2D eigenvalue weighted by molar-refractivity contribution is 5.92. The predicted octanol–water partition coefficient (Wildman–Crippen LogP) is 1.89. The number of aryl methyl sites for hydroxylation is 1. The van der Waals surface area contributed by atoms with Gasteiger partial charge >= 0.3 is 5.97 Å². The lowest BCUT2D eigenvalue weighted by Crippen LogP contribution is -2.26. The number of nitrogens with zero attached hydrogens (tertiary/aromatic N) is 1. The Morgan fingerprint density at radius 1 is 1.30 bits per heavy atom. The Labute approximate surface area is 132 Å². The SMILES string of the molecule is COC(=O)c1ccc2c(c1)[C@H](NC(=O)c1cc(OC)no1)CC2. The van der Waals surface area contributed by atoms with Gasteiger partial charge in [0.2, 0.25) is 5.76 Å². The zero-order valence-electron chi connectivity index (χ0n) is 12.8. The van der Waals surface area contributed by atoms with Crippen LogP contribution in [0.3, 0.4) is 0 Å². The van der Waals surface area contributed by atoms with Gasteiger partial charge in [-0.2, -0.15) is 0 Å². The van der Waals surface area contributed by atoms with Gasteiger partial charge in [-0.05, 0) is 41.3 Å². The third-order valence-electron chi connectivity index (χ3n) is 3.87. The largest absolute Gasteiger partial charge is 0.479 e. The molecule has 3 rings (SSSR count). The highest BCUT2D eigenvalue weighted by Crippen LogP contribution is 2.32. The normalized spacial score (nSPS) is 15.8. The minimum atomic E-state index is -0.398. The summed E-state index contributed by atoms with van der Waals surface area (Å²) in [4.78, 5) is 23.9. The average Bonchev–Trinajstić information content (AvgIpc) is 3.21. The van der Waals surface area contributed by atoms with Gasteiger partial charge in [0.05, 0.1) is 31.9 Å². The number of carbonyl (C=O) groups is 2. The molecular weight excluding hydrogens is 300 g/mol. The van der Waals surface area contributed by atoms with Crippen LogP contribution in [0.25, 0.3) is 0 Å². The summed E-state index contributed by atoms with van der Waals surface area (Å²) in [5.41, 5.74) is 2.50. The maximum absolute atomic E-state index is 12.2. The smallest absolute Gasteiger partial charge is 0.337 e. The summed E-state index contributed by atoms with van der Waals surface area (Å²) in [6.07, 6.45) is 1.60. The number of nitrogens with one attached hydrogen (secondary N) is 1. The summed E-state index contributed by atoms with van der Waals surface area (Å²) in [7, 11) is 2.78. The van der Waals surface area contributed by atoms with Crippen molar-refractivity contribution in [3.05, 3.63) is 46.7 Å². The van der Waals surface area contributed by atoms with Gasteiger partial charge < -0.3 is 19.3 Å². The number of esters is 1. The van der Waals surface area contributed by atoms with Crippen LogP contribution in [0.5, 0.6) is 5.88 Å². The molecule has 0 fully saturated rings. The number of methoxy groups -OCH3 is 2. The zero-order chi connectivity index (χ0) is 16.4. The van der Waals surface area contributed by atoms with E-state index in [-0.39, 0.29) is 23.6 Å². The summed E-state index contributed by atoms with van der Waals surface area (Å²) >= 11 is 0. The third-order valence-corrected chi connectivity index (χ3v) is 3.87. The number of hydrogen-bond acceptors (Lipinski definition) is 6. The summed E-state index contributed by atoms with van der Waals surface area (Å²) < 4.78 is 14.6. The van der Waals surface area contributed by atoms with Gasteiger partial charge in [-0.15, -0.1) is 0 Å². The maximum Gasteiger partial charge on any atom is 0.337 e. The van der Waals surface area contributed by atoms with Crippen molar-refractivity contribution in [3.8, 4) is 5.88 Å². The Kier molecular flexibility index (Phi) is 4.01. The molecule has 0 radical (unpaired) electrons. The standard InChI is InChI=1S/C16H16N2O5/c1-21-14-8-13(23-18-14)15(19)17-12-6-5-9-3-4-10(7-11(9)12)16(20)22-2/h3-4,7-8,12H,5-6H2,1-2H3,(H,17,19)/t12-/m1/s1. The van der Waals surface area contributed by atoms with Crippen LogP contribution in [-0.2, 0) is 11.2 Å². The van der Waals surface area contributed by atoms with Gasteiger partial charge in [0.1, 0.15) is 0 Å². The van der Waals surface area contributed by atoms with Gasteiger partial charge in [0.25, 0.3) is 11.8 Å². The highest BCUT2D eigenvalue weighted by atomic mass is 16.5. The quantitative estimate of drug-likeness (QED) is 0.866. The van der Waals surface area contributed by atoms with Crippen molar-refractivity contribution in [2.45, 2.75) is 18.9 Å². The van der Waals surface area contributed by atoms with E-state index < -0.39 is 5.97 Å². The first-order chi connectivity index (χ1) is 11.1. The van der Waals surface area contributed by atoms with Crippen LogP contribution in [0.15, 0.2) is 28.8 Å². The fraction of sp³-hybridized carbons (Fsp3) is 0.312. The van der Waals surface area contributed by atoms with Crippen LogP contribution >= 0.6 is 0 Å². The van der Waals surface area contributed by atoms with E-state index in [0.29, 0.717) is 5.56 Å². The second-order valence-electron chi connectivity index (χ2n) is 5.20. The molecule has 2 aromatic rings. The minimum absolute atomic E-state index is 0.0828. The Morgan fingerprint density at radius 2 is 2.13 bits per heavy atom. The topological polar surface area (TPSA) is 90.7 Å². The summed E-state index contributed by atoms with van der Waals surface area (Å²) in [6, 6.07) is 6.63. The molecule has 0 bridgehead atoms. The lowest BCUT2D eigenvalue weighted by molar-refractivity contribution is 0.0600. The number of amides is 1. The molecule has 0 aliphatic heterocycles. The monoisotopic (exact) mass is 316 g/mol. The molecule has 0 saturated carbocycles. The van der Waals surface area contributed by atoms with Crippen molar-refractivity contribution >= 4 is 11.9 Å².